The zero-order valence-electron chi connectivity index (χ0n) is 14.0. The van der Waals surface area contributed by atoms with E-state index in [0.29, 0.717) is 30.0 Å². The molecule has 2 aromatic rings. The fourth-order valence-corrected chi connectivity index (χ4v) is 2.36. The van der Waals surface area contributed by atoms with Gasteiger partial charge in [-0.1, -0.05) is 6.07 Å². The molecule has 0 aliphatic rings. The number of nitrogens with zero attached hydrogens (tertiary/aromatic N) is 2. The second-order valence-electron chi connectivity index (χ2n) is 5.30. The number of ether oxygens (including phenoxy) is 2. The summed E-state index contributed by atoms with van der Waals surface area (Å²) in [6, 6.07) is 9.27. The van der Waals surface area contributed by atoms with E-state index in [1.54, 1.807) is 44.5 Å². The topological polar surface area (TPSA) is 51.7 Å². The fraction of sp³-hybridized carbons (Fsp3) is 0.333. The van der Waals surface area contributed by atoms with Gasteiger partial charge in [0.05, 0.1) is 14.2 Å². The molecule has 122 valence electrons. The molecule has 0 atom stereocenters. The van der Waals surface area contributed by atoms with Crippen LogP contribution in [0.3, 0.4) is 0 Å². The Balaban J connectivity index is 2.12. The standard InChI is InChI=1S/C18H22N2O3/c1-13-16(22-3)11-14(12-17(13)23-4)18(21)20(2)10-8-15-7-5-6-9-19-15/h5-7,9,11-12H,8,10H2,1-4H3. The third-order valence-corrected chi connectivity index (χ3v) is 3.78. The largest absolute Gasteiger partial charge is 0.496 e. The van der Waals surface area contributed by atoms with Crippen LogP contribution in [0.15, 0.2) is 36.5 Å². The predicted octanol–water partition coefficient (Wildman–Crippen LogP) is 2.72. The number of rotatable bonds is 6. The van der Waals surface area contributed by atoms with Crippen LogP contribution in [0.2, 0.25) is 0 Å². The van der Waals surface area contributed by atoms with E-state index >= 15 is 0 Å². The van der Waals surface area contributed by atoms with E-state index < -0.39 is 0 Å². The van der Waals surface area contributed by atoms with E-state index in [2.05, 4.69) is 4.98 Å². The zero-order valence-corrected chi connectivity index (χ0v) is 14.0. The SMILES string of the molecule is COc1cc(C(=O)N(C)CCc2ccccn2)cc(OC)c1C. The minimum Gasteiger partial charge on any atom is -0.496 e. The Kier molecular flexibility index (Phi) is 5.57. The van der Waals surface area contributed by atoms with E-state index in [1.807, 2.05) is 25.1 Å². The third kappa shape index (κ3) is 4.00. The summed E-state index contributed by atoms with van der Waals surface area (Å²) >= 11 is 0. The molecule has 23 heavy (non-hydrogen) atoms. The first-order valence-electron chi connectivity index (χ1n) is 7.44. The molecule has 0 N–H and O–H groups in total. The van der Waals surface area contributed by atoms with Crippen LogP contribution >= 0.6 is 0 Å². The summed E-state index contributed by atoms with van der Waals surface area (Å²) in [6.07, 6.45) is 2.47. The van der Waals surface area contributed by atoms with Gasteiger partial charge in [0.2, 0.25) is 0 Å². The monoisotopic (exact) mass is 314 g/mol. The van der Waals surface area contributed by atoms with Crippen molar-refractivity contribution in [3.63, 3.8) is 0 Å². The second-order valence-corrected chi connectivity index (χ2v) is 5.30. The average molecular weight is 314 g/mol. The summed E-state index contributed by atoms with van der Waals surface area (Å²) in [7, 11) is 4.95. The number of hydrogen-bond acceptors (Lipinski definition) is 4. The van der Waals surface area contributed by atoms with E-state index in [9.17, 15) is 4.79 Å². The molecule has 0 aliphatic heterocycles. The van der Waals surface area contributed by atoms with Crippen molar-refractivity contribution in [2.75, 3.05) is 27.8 Å². The highest BCUT2D eigenvalue weighted by Gasteiger charge is 2.16. The third-order valence-electron chi connectivity index (χ3n) is 3.78. The zero-order chi connectivity index (χ0) is 16.8. The molecule has 1 amide bonds. The summed E-state index contributed by atoms with van der Waals surface area (Å²) in [6.45, 7) is 2.49. The van der Waals surface area contributed by atoms with Crippen LogP contribution < -0.4 is 9.47 Å². The maximum atomic E-state index is 12.6. The van der Waals surface area contributed by atoms with Gasteiger partial charge < -0.3 is 14.4 Å². The maximum Gasteiger partial charge on any atom is 0.253 e. The fourth-order valence-electron chi connectivity index (χ4n) is 2.36. The quantitative estimate of drug-likeness (QED) is 0.822. The Labute approximate surface area is 136 Å². The van der Waals surface area contributed by atoms with E-state index in [4.69, 9.17) is 9.47 Å². The van der Waals surface area contributed by atoms with Crippen LogP contribution in [0.1, 0.15) is 21.6 Å². The lowest BCUT2D eigenvalue weighted by molar-refractivity contribution is 0.0795. The molecule has 0 radical (unpaired) electrons. The van der Waals surface area contributed by atoms with Gasteiger partial charge in [0.1, 0.15) is 11.5 Å². The van der Waals surface area contributed by atoms with Crippen LogP contribution in [0.5, 0.6) is 11.5 Å². The molecule has 0 fully saturated rings. The number of carbonyl (C=O) groups is 1. The van der Waals surface area contributed by atoms with Crippen LogP contribution in [0.4, 0.5) is 0 Å². The van der Waals surface area contributed by atoms with Gasteiger partial charge in [0, 0.05) is 43.0 Å². The summed E-state index contributed by atoms with van der Waals surface area (Å²) in [5, 5.41) is 0. The van der Waals surface area contributed by atoms with Crippen molar-refractivity contribution in [1.29, 1.82) is 0 Å². The molecule has 5 heteroatoms. The molecule has 2 rings (SSSR count). The molecule has 0 unspecified atom stereocenters. The Hall–Kier alpha value is -2.56. The minimum atomic E-state index is -0.0717. The van der Waals surface area contributed by atoms with Crippen molar-refractivity contribution < 1.29 is 14.3 Å². The van der Waals surface area contributed by atoms with Crippen molar-refractivity contribution in [1.82, 2.24) is 9.88 Å². The maximum absolute atomic E-state index is 12.6. The van der Waals surface area contributed by atoms with E-state index in [0.717, 1.165) is 11.3 Å². The number of hydrogen-bond donors (Lipinski definition) is 0. The van der Waals surface area contributed by atoms with Crippen molar-refractivity contribution >= 4 is 5.91 Å². The number of pyridine rings is 1. The van der Waals surface area contributed by atoms with Crippen molar-refractivity contribution in [2.24, 2.45) is 0 Å². The molecule has 0 bridgehead atoms. The lowest BCUT2D eigenvalue weighted by Crippen LogP contribution is -2.29. The van der Waals surface area contributed by atoms with Gasteiger partial charge in [-0.15, -0.1) is 0 Å². The van der Waals surface area contributed by atoms with Crippen LogP contribution in [-0.2, 0) is 6.42 Å². The molecule has 1 aromatic heterocycles. The van der Waals surface area contributed by atoms with Crippen molar-refractivity contribution in [2.45, 2.75) is 13.3 Å². The molecule has 0 aliphatic carbocycles. The van der Waals surface area contributed by atoms with Crippen molar-refractivity contribution in [3.8, 4) is 11.5 Å². The van der Waals surface area contributed by atoms with Gasteiger partial charge in [-0.2, -0.15) is 0 Å². The number of aromatic nitrogens is 1. The number of amides is 1. The van der Waals surface area contributed by atoms with Crippen LogP contribution in [-0.4, -0.2) is 43.6 Å². The Morgan fingerprint density at radius 3 is 2.35 bits per heavy atom. The molecule has 0 saturated carbocycles. The normalized spacial score (nSPS) is 10.3. The smallest absolute Gasteiger partial charge is 0.253 e. The molecule has 5 nitrogen and oxygen atoms in total. The first kappa shape index (κ1) is 16.8. The van der Waals surface area contributed by atoms with Gasteiger partial charge in [0.25, 0.3) is 5.91 Å². The first-order valence-corrected chi connectivity index (χ1v) is 7.44. The van der Waals surface area contributed by atoms with Gasteiger partial charge in [-0.25, -0.2) is 0 Å². The van der Waals surface area contributed by atoms with E-state index in [-0.39, 0.29) is 5.91 Å². The van der Waals surface area contributed by atoms with E-state index in [1.165, 1.54) is 0 Å². The minimum absolute atomic E-state index is 0.0717. The Bertz CT molecular complexity index is 646. The highest BCUT2D eigenvalue weighted by molar-refractivity contribution is 5.95. The molecule has 1 heterocycles. The van der Waals surface area contributed by atoms with Crippen LogP contribution in [0.25, 0.3) is 0 Å². The Morgan fingerprint density at radius 1 is 1.17 bits per heavy atom. The van der Waals surface area contributed by atoms with Gasteiger partial charge in [-0.05, 0) is 31.2 Å². The average Bonchev–Trinajstić information content (AvgIpc) is 2.60. The summed E-state index contributed by atoms with van der Waals surface area (Å²) in [5.74, 6) is 1.22. The molecule has 0 spiro atoms. The number of carbonyl (C=O) groups excluding carboxylic acids is 1. The molecule has 1 aromatic carbocycles. The summed E-state index contributed by atoms with van der Waals surface area (Å²) < 4.78 is 10.7. The van der Waals surface area contributed by atoms with Gasteiger partial charge in [0.15, 0.2) is 0 Å². The molecular formula is C18H22N2O3. The first-order chi connectivity index (χ1) is 11.1. The number of benzene rings is 1. The van der Waals surface area contributed by atoms with Crippen molar-refractivity contribution in [3.05, 3.63) is 53.3 Å². The summed E-state index contributed by atoms with van der Waals surface area (Å²) in [5.41, 5.74) is 2.39. The highest BCUT2D eigenvalue weighted by Crippen LogP contribution is 2.29. The molecular weight excluding hydrogens is 292 g/mol. The highest BCUT2D eigenvalue weighted by atomic mass is 16.5. The number of methoxy groups -OCH3 is 2. The predicted molar refractivity (Wildman–Crippen MR) is 89.2 cm³/mol. The lowest BCUT2D eigenvalue weighted by atomic mass is 10.1. The summed E-state index contributed by atoms with van der Waals surface area (Å²) in [4.78, 5) is 18.6. The van der Waals surface area contributed by atoms with Gasteiger partial charge >= 0.3 is 0 Å². The van der Waals surface area contributed by atoms with Crippen LogP contribution in [0, 0.1) is 6.92 Å². The lowest BCUT2D eigenvalue weighted by Gasteiger charge is -2.19. The Morgan fingerprint density at radius 2 is 1.83 bits per heavy atom. The van der Waals surface area contributed by atoms with Gasteiger partial charge in [-0.3, -0.25) is 9.78 Å². The second kappa shape index (κ2) is 7.63. The molecule has 0 saturated heterocycles. The number of likely N-dealkylation sites (N-methyl/N-ethyl adjacent to an activating group) is 1.